The molecule has 0 aromatic heterocycles. The molecule has 29 heavy (non-hydrogen) atoms. The SMILES string of the molecule is CCOP1Oc2c(cc(C)cc2C(C)(C)C)Cc2cc(C)cc(C(C)(C)C)c2O1. The van der Waals surface area contributed by atoms with Crippen LogP contribution < -0.4 is 9.05 Å². The molecule has 0 saturated heterocycles. The van der Waals surface area contributed by atoms with Crippen molar-refractivity contribution in [3.63, 3.8) is 0 Å². The van der Waals surface area contributed by atoms with Crippen LogP contribution in [0.25, 0.3) is 0 Å². The van der Waals surface area contributed by atoms with Crippen LogP contribution in [0.4, 0.5) is 0 Å². The zero-order chi connectivity index (χ0) is 21.6. The fraction of sp³-hybridized carbons (Fsp3) is 0.520. The van der Waals surface area contributed by atoms with Gasteiger partial charge in [-0.3, -0.25) is 4.52 Å². The first-order valence-corrected chi connectivity index (χ1v) is 11.6. The van der Waals surface area contributed by atoms with Gasteiger partial charge in [-0.1, -0.05) is 76.9 Å². The Labute approximate surface area is 177 Å². The van der Waals surface area contributed by atoms with Crippen LogP contribution in [0.5, 0.6) is 11.5 Å². The van der Waals surface area contributed by atoms with Crippen LogP contribution in [0.2, 0.25) is 0 Å². The van der Waals surface area contributed by atoms with E-state index in [0.717, 1.165) is 17.9 Å². The lowest BCUT2D eigenvalue weighted by Crippen LogP contribution is -2.19. The minimum absolute atomic E-state index is 0.0332. The highest BCUT2D eigenvalue weighted by molar-refractivity contribution is 7.42. The molecule has 0 spiro atoms. The van der Waals surface area contributed by atoms with E-state index in [2.05, 4.69) is 79.7 Å². The van der Waals surface area contributed by atoms with Gasteiger partial charge in [0, 0.05) is 17.5 Å². The molecule has 2 aromatic rings. The maximum absolute atomic E-state index is 6.47. The van der Waals surface area contributed by atoms with E-state index in [4.69, 9.17) is 13.6 Å². The molecule has 0 saturated carbocycles. The summed E-state index contributed by atoms with van der Waals surface area (Å²) in [6, 6.07) is 8.96. The lowest BCUT2D eigenvalue weighted by molar-refractivity contribution is 0.274. The van der Waals surface area contributed by atoms with Gasteiger partial charge in [0.25, 0.3) is 0 Å². The highest BCUT2D eigenvalue weighted by Gasteiger charge is 2.32. The van der Waals surface area contributed by atoms with Crippen molar-refractivity contribution < 1.29 is 13.6 Å². The lowest BCUT2D eigenvalue weighted by Gasteiger charge is -2.32. The lowest BCUT2D eigenvalue weighted by atomic mass is 9.81. The van der Waals surface area contributed by atoms with Gasteiger partial charge in [-0.05, 0) is 42.7 Å². The van der Waals surface area contributed by atoms with Crippen LogP contribution in [-0.4, -0.2) is 6.61 Å². The molecule has 0 unspecified atom stereocenters. The number of hydrogen-bond donors (Lipinski definition) is 0. The van der Waals surface area contributed by atoms with Crippen molar-refractivity contribution in [2.24, 2.45) is 0 Å². The number of rotatable bonds is 2. The molecule has 0 atom stereocenters. The van der Waals surface area contributed by atoms with Crippen LogP contribution in [0.3, 0.4) is 0 Å². The highest BCUT2D eigenvalue weighted by atomic mass is 31.2. The molecule has 0 N–H and O–H groups in total. The standard InChI is InChI=1S/C25H35O3P/c1-10-26-29-27-22-18(11-16(2)13-20(22)24(4,5)6)15-19-12-17(3)14-21(23(19)28-29)25(7,8)9/h11-14H,10,15H2,1-9H3. The topological polar surface area (TPSA) is 27.7 Å². The van der Waals surface area contributed by atoms with Gasteiger partial charge in [0.15, 0.2) is 0 Å². The Hall–Kier alpha value is -1.57. The molecule has 0 amide bonds. The Balaban J connectivity index is 2.27. The Kier molecular flexibility index (Phi) is 6.05. The first-order valence-electron chi connectivity index (χ1n) is 10.5. The molecule has 1 heterocycles. The summed E-state index contributed by atoms with van der Waals surface area (Å²) in [7, 11) is -1.53. The van der Waals surface area contributed by atoms with Gasteiger partial charge in [-0.2, -0.15) is 0 Å². The predicted molar refractivity (Wildman–Crippen MR) is 122 cm³/mol. The van der Waals surface area contributed by atoms with Crippen LogP contribution in [0.15, 0.2) is 24.3 Å². The number of hydrogen-bond acceptors (Lipinski definition) is 3. The van der Waals surface area contributed by atoms with E-state index in [1.54, 1.807) is 0 Å². The van der Waals surface area contributed by atoms with Crippen molar-refractivity contribution in [2.75, 3.05) is 6.61 Å². The van der Waals surface area contributed by atoms with Crippen molar-refractivity contribution in [1.29, 1.82) is 0 Å². The maximum atomic E-state index is 6.47. The van der Waals surface area contributed by atoms with Crippen molar-refractivity contribution in [1.82, 2.24) is 0 Å². The van der Waals surface area contributed by atoms with Crippen LogP contribution in [-0.2, 0) is 21.8 Å². The van der Waals surface area contributed by atoms with Gasteiger partial charge < -0.3 is 9.05 Å². The van der Waals surface area contributed by atoms with Crippen LogP contribution in [0.1, 0.15) is 81.8 Å². The number of fused-ring (bicyclic) bond motifs is 2. The van der Waals surface area contributed by atoms with E-state index in [1.165, 1.54) is 33.4 Å². The van der Waals surface area contributed by atoms with E-state index < -0.39 is 8.60 Å². The molecular weight excluding hydrogens is 379 g/mol. The van der Waals surface area contributed by atoms with Crippen molar-refractivity contribution in [3.05, 3.63) is 57.6 Å². The number of benzene rings is 2. The van der Waals surface area contributed by atoms with Crippen molar-refractivity contribution >= 4 is 8.60 Å². The molecule has 0 radical (unpaired) electrons. The van der Waals surface area contributed by atoms with Crippen LogP contribution in [0, 0.1) is 13.8 Å². The second-order valence-corrected chi connectivity index (χ2v) is 11.2. The minimum atomic E-state index is -1.53. The van der Waals surface area contributed by atoms with Crippen molar-refractivity contribution in [3.8, 4) is 11.5 Å². The van der Waals surface area contributed by atoms with E-state index in [-0.39, 0.29) is 10.8 Å². The van der Waals surface area contributed by atoms with Gasteiger partial charge in [0.2, 0.25) is 0 Å². The Morgan fingerprint density at radius 3 is 1.55 bits per heavy atom. The Morgan fingerprint density at radius 2 is 1.21 bits per heavy atom. The average Bonchev–Trinajstić information content (AvgIpc) is 2.55. The smallest absolute Gasteiger partial charge is 0.417 e. The summed E-state index contributed by atoms with van der Waals surface area (Å²) < 4.78 is 18.9. The van der Waals surface area contributed by atoms with E-state index in [0.29, 0.717) is 6.61 Å². The molecule has 3 nitrogen and oxygen atoms in total. The zero-order valence-electron chi connectivity index (χ0n) is 19.4. The van der Waals surface area contributed by atoms with Gasteiger partial charge in [0.1, 0.15) is 11.5 Å². The second kappa shape index (κ2) is 7.93. The maximum Gasteiger partial charge on any atom is 0.463 e. The average molecular weight is 415 g/mol. The Morgan fingerprint density at radius 1 is 0.793 bits per heavy atom. The zero-order valence-corrected chi connectivity index (χ0v) is 20.3. The largest absolute Gasteiger partial charge is 0.463 e. The van der Waals surface area contributed by atoms with Gasteiger partial charge in [-0.15, -0.1) is 0 Å². The minimum Gasteiger partial charge on any atom is -0.417 e. The van der Waals surface area contributed by atoms with E-state index in [1.807, 2.05) is 6.92 Å². The molecule has 1 aliphatic heterocycles. The molecule has 2 aromatic carbocycles. The van der Waals surface area contributed by atoms with Crippen LogP contribution >= 0.6 is 8.60 Å². The third-order valence-electron chi connectivity index (χ3n) is 5.18. The number of aryl methyl sites for hydroxylation is 2. The van der Waals surface area contributed by atoms with Gasteiger partial charge in [-0.25, -0.2) is 0 Å². The normalized spacial score (nSPS) is 14.9. The molecule has 1 aliphatic rings. The van der Waals surface area contributed by atoms with Gasteiger partial charge >= 0.3 is 8.60 Å². The fourth-order valence-corrected chi connectivity index (χ4v) is 4.90. The first kappa shape index (κ1) is 22.1. The second-order valence-electron chi connectivity index (χ2n) is 10.1. The summed E-state index contributed by atoms with van der Waals surface area (Å²) in [5.41, 5.74) is 7.26. The third kappa shape index (κ3) is 4.78. The molecule has 0 bridgehead atoms. The quantitative estimate of drug-likeness (QED) is 0.476. The molecule has 158 valence electrons. The molecule has 3 rings (SSSR count). The first-order chi connectivity index (χ1) is 13.4. The summed E-state index contributed by atoms with van der Waals surface area (Å²) in [5.74, 6) is 1.85. The van der Waals surface area contributed by atoms with Gasteiger partial charge in [0.05, 0.1) is 6.61 Å². The highest BCUT2D eigenvalue weighted by Crippen LogP contribution is 2.51. The summed E-state index contributed by atoms with van der Waals surface area (Å²) in [5, 5.41) is 0. The summed E-state index contributed by atoms with van der Waals surface area (Å²) in [6.07, 6.45) is 0.787. The summed E-state index contributed by atoms with van der Waals surface area (Å²) in [4.78, 5) is 0. The van der Waals surface area contributed by atoms with Crippen molar-refractivity contribution in [2.45, 2.75) is 79.6 Å². The third-order valence-corrected chi connectivity index (χ3v) is 6.32. The summed E-state index contributed by atoms with van der Waals surface area (Å²) in [6.45, 7) is 20.2. The molecule has 0 fully saturated rings. The fourth-order valence-electron chi connectivity index (χ4n) is 3.82. The predicted octanol–water partition coefficient (Wildman–Crippen LogP) is 7.52. The Bertz CT molecular complexity index is 832. The molecular formula is C25H35O3P. The molecule has 0 aliphatic carbocycles. The van der Waals surface area contributed by atoms with E-state index >= 15 is 0 Å². The molecule has 4 heteroatoms. The monoisotopic (exact) mass is 414 g/mol. The van der Waals surface area contributed by atoms with E-state index in [9.17, 15) is 0 Å². The summed E-state index contributed by atoms with van der Waals surface area (Å²) >= 11 is 0.